The summed E-state index contributed by atoms with van der Waals surface area (Å²) in [4.78, 5) is 16.7. The number of carbonyl (C=O) groups is 1. The number of aromatic hydroxyl groups is 1. The van der Waals surface area contributed by atoms with Crippen LogP contribution in [0.3, 0.4) is 0 Å². The van der Waals surface area contributed by atoms with Crippen molar-refractivity contribution in [2.45, 2.75) is 40.0 Å². The molecule has 1 unspecified atom stereocenters. The van der Waals surface area contributed by atoms with E-state index in [-0.39, 0.29) is 24.7 Å². The quantitative estimate of drug-likeness (QED) is 0.220. The van der Waals surface area contributed by atoms with E-state index in [9.17, 15) is 14.5 Å². The summed E-state index contributed by atoms with van der Waals surface area (Å²) in [5, 5.41) is 12.9. The van der Waals surface area contributed by atoms with Gasteiger partial charge in [0.05, 0.1) is 12.3 Å². The zero-order valence-corrected chi connectivity index (χ0v) is 20.1. The number of nitrogens with zero attached hydrogens (tertiary/aromatic N) is 1. The normalized spacial score (nSPS) is 13.6. The number of aryl methyl sites for hydroxylation is 2. The number of esters is 1. The van der Waals surface area contributed by atoms with E-state index in [0.717, 1.165) is 5.56 Å². The highest BCUT2D eigenvalue weighted by molar-refractivity contribution is 7.52. The second-order valence-electron chi connectivity index (χ2n) is 7.66. The van der Waals surface area contributed by atoms with Crippen molar-refractivity contribution >= 4 is 13.7 Å². The molecule has 0 saturated carbocycles. The third-order valence-corrected chi connectivity index (χ3v) is 6.56. The number of aromatic nitrogens is 1. The number of carbonyl (C=O) groups excluding carboxylic acids is 1. The molecule has 3 rings (SSSR count). The molecule has 0 saturated heterocycles. The SMILES string of the molecule is Cc1ccc(OC(=O)[C@H](C)NP(=O)(OCc2cnc(C)c(O)c2CN)Oc2ccccc2)cc1. The van der Waals surface area contributed by atoms with Gasteiger partial charge >= 0.3 is 13.7 Å². The molecule has 0 aliphatic heterocycles. The molecule has 2 atom stereocenters. The van der Waals surface area contributed by atoms with E-state index in [0.29, 0.717) is 22.6 Å². The van der Waals surface area contributed by atoms with E-state index in [1.54, 1.807) is 49.4 Å². The predicted molar refractivity (Wildman–Crippen MR) is 127 cm³/mol. The second-order valence-corrected chi connectivity index (χ2v) is 9.35. The van der Waals surface area contributed by atoms with Gasteiger partial charge in [0.1, 0.15) is 23.3 Å². The third-order valence-electron chi connectivity index (χ3n) is 4.94. The molecule has 0 bridgehead atoms. The van der Waals surface area contributed by atoms with Gasteiger partial charge in [-0.05, 0) is 45.0 Å². The Morgan fingerprint density at radius 1 is 1.12 bits per heavy atom. The lowest BCUT2D eigenvalue weighted by Gasteiger charge is -2.23. The van der Waals surface area contributed by atoms with Gasteiger partial charge in [0, 0.05) is 23.9 Å². The Kier molecular flexibility index (Phi) is 8.41. The van der Waals surface area contributed by atoms with Gasteiger partial charge in [-0.15, -0.1) is 0 Å². The Hall–Kier alpha value is -3.23. The molecule has 1 heterocycles. The highest BCUT2D eigenvalue weighted by Crippen LogP contribution is 2.46. The molecule has 180 valence electrons. The lowest BCUT2D eigenvalue weighted by Crippen LogP contribution is -2.36. The van der Waals surface area contributed by atoms with E-state index in [1.165, 1.54) is 13.1 Å². The maximum Gasteiger partial charge on any atom is 0.459 e. The minimum Gasteiger partial charge on any atom is -0.506 e. The van der Waals surface area contributed by atoms with Gasteiger partial charge in [0.15, 0.2) is 0 Å². The molecule has 0 aliphatic rings. The maximum absolute atomic E-state index is 13.6. The molecule has 1 aromatic heterocycles. The molecule has 2 aromatic carbocycles. The standard InChI is InChI=1S/C24H28N3O6P/c1-16-9-11-20(12-10-16)32-24(29)18(3)27-34(30,33-21-7-5-4-6-8-21)31-15-19-14-26-17(2)23(28)22(19)13-25/h4-12,14,18,28H,13,15,25H2,1-3H3,(H,27,30)/t18-,34?/m0/s1. The van der Waals surface area contributed by atoms with E-state index < -0.39 is 19.8 Å². The average Bonchev–Trinajstić information content (AvgIpc) is 2.82. The van der Waals surface area contributed by atoms with E-state index in [4.69, 9.17) is 19.5 Å². The number of ether oxygens (including phenoxy) is 1. The smallest absolute Gasteiger partial charge is 0.459 e. The van der Waals surface area contributed by atoms with Gasteiger partial charge in [0.25, 0.3) is 0 Å². The van der Waals surface area contributed by atoms with Crippen molar-refractivity contribution in [2.24, 2.45) is 5.73 Å². The van der Waals surface area contributed by atoms with Crippen LogP contribution in [0.25, 0.3) is 0 Å². The minimum absolute atomic E-state index is 0.0322. The van der Waals surface area contributed by atoms with E-state index in [1.807, 2.05) is 19.1 Å². The third kappa shape index (κ3) is 6.65. The summed E-state index contributed by atoms with van der Waals surface area (Å²) in [7, 11) is -4.09. The van der Waals surface area contributed by atoms with Crippen molar-refractivity contribution in [1.82, 2.24) is 10.1 Å². The number of nitrogens with two attached hydrogens (primary N) is 1. The van der Waals surface area contributed by atoms with Gasteiger partial charge in [-0.1, -0.05) is 35.9 Å². The molecule has 10 heteroatoms. The largest absolute Gasteiger partial charge is 0.506 e. The summed E-state index contributed by atoms with van der Waals surface area (Å²) in [6.45, 7) is 4.86. The molecule has 9 nitrogen and oxygen atoms in total. The van der Waals surface area contributed by atoms with Crippen LogP contribution in [0, 0.1) is 13.8 Å². The highest BCUT2D eigenvalue weighted by atomic mass is 31.2. The number of hydrogen-bond donors (Lipinski definition) is 3. The number of hydrogen-bond acceptors (Lipinski definition) is 8. The number of rotatable bonds is 10. The molecular formula is C24H28N3O6P. The first-order valence-corrected chi connectivity index (χ1v) is 12.2. The van der Waals surface area contributed by atoms with Gasteiger partial charge < -0.3 is 20.1 Å². The summed E-state index contributed by atoms with van der Waals surface area (Å²) in [6, 6.07) is 14.3. The Labute approximate surface area is 198 Å². The van der Waals surface area contributed by atoms with Crippen molar-refractivity contribution in [2.75, 3.05) is 0 Å². The number of pyridine rings is 1. The van der Waals surface area contributed by atoms with Crippen LogP contribution >= 0.6 is 7.75 Å². The van der Waals surface area contributed by atoms with Crippen LogP contribution in [0.4, 0.5) is 0 Å². The molecule has 0 radical (unpaired) electrons. The Balaban J connectivity index is 1.78. The zero-order valence-electron chi connectivity index (χ0n) is 19.2. The predicted octanol–water partition coefficient (Wildman–Crippen LogP) is 4.15. The van der Waals surface area contributed by atoms with Crippen molar-refractivity contribution in [3.05, 3.63) is 83.2 Å². The van der Waals surface area contributed by atoms with Crippen LogP contribution in [0.15, 0.2) is 60.8 Å². The Morgan fingerprint density at radius 2 is 1.79 bits per heavy atom. The molecule has 34 heavy (non-hydrogen) atoms. The van der Waals surface area contributed by atoms with Gasteiger partial charge in [-0.25, -0.2) is 9.36 Å². The van der Waals surface area contributed by atoms with Crippen LogP contribution in [0.5, 0.6) is 17.2 Å². The average molecular weight is 485 g/mol. The first-order chi connectivity index (χ1) is 16.2. The van der Waals surface area contributed by atoms with Gasteiger partial charge in [0.2, 0.25) is 0 Å². The number of nitrogens with one attached hydrogen (secondary N) is 1. The highest BCUT2D eigenvalue weighted by Gasteiger charge is 2.33. The molecule has 4 N–H and O–H groups in total. The number of para-hydroxylation sites is 1. The fourth-order valence-electron chi connectivity index (χ4n) is 3.00. The van der Waals surface area contributed by atoms with Crippen molar-refractivity contribution in [3.63, 3.8) is 0 Å². The summed E-state index contributed by atoms with van der Waals surface area (Å²) in [5.41, 5.74) is 8.07. The zero-order chi connectivity index (χ0) is 24.7. The van der Waals surface area contributed by atoms with E-state index in [2.05, 4.69) is 10.1 Å². The minimum atomic E-state index is -4.09. The van der Waals surface area contributed by atoms with Crippen LogP contribution in [0.2, 0.25) is 0 Å². The molecular weight excluding hydrogens is 457 g/mol. The second kappa shape index (κ2) is 11.3. The van der Waals surface area contributed by atoms with Crippen LogP contribution in [-0.4, -0.2) is 22.1 Å². The summed E-state index contributed by atoms with van der Waals surface area (Å²) >= 11 is 0. The van der Waals surface area contributed by atoms with Crippen molar-refractivity contribution in [1.29, 1.82) is 0 Å². The monoisotopic (exact) mass is 485 g/mol. The fourth-order valence-corrected chi connectivity index (χ4v) is 4.47. The Bertz CT molecular complexity index is 1170. The van der Waals surface area contributed by atoms with Gasteiger partial charge in [-0.2, -0.15) is 5.09 Å². The molecule has 0 spiro atoms. The summed E-state index contributed by atoms with van der Waals surface area (Å²) in [5.74, 6) is -0.0776. The maximum atomic E-state index is 13.6. The van der Waals surface area contributed by atoms with Gasteiger partial charge in [-0.3, -0.25) is 9.51 Å². The van der Waals surface area contributed by atoms with E-state index >= 15 is 0 Å². The van der Waals surface area contributed by atoms with Crippen molar-refractivity contribution < 1.29 is 28.3 Å². The molecule has 0 aliphatic carbocycles. The molecule has 0 amide bonds. The lowest BCUT2D eigenvalue weighted by atomic mass is 10.1. The summed E-state index contributed by atoms with van der Waals surface area (Å²) in [6.07, 6.45) is 1.49. The topological polar surface area (TPSA) is 133 Å². The molecule has 0 fully saturated rings. The Morgan fingerprint density at radius 3 is 2.44 bits per heavy atom. The summed E-state index contributed by atoms with van der Waals surface area (Å²) < 4.78 is 30.3. The first kappa shape index (κ1) is 25.4. The number of benzene rings is 2. The lowest BCUT2D eigenvalue weighted by molar-refractivity contribution is -0.135. The van der Waals surface area contributed by atoms with Crippen LogP contribution in [-0.2, 0) is 27.0 Å². The van der Waals surface area contributed by atoms with Crippen LogP contribution < -0.4 is 20.1 Å². The van der Waals surface area contributed by atoms with Crippen molar-refractivity contribution in [3.8, 4) is 17.2 Å². The van der Waals surface area contributed by atoms with Crippen LogP contribution in [0.1, 0.15) is 29.3 Å². The first-order valence-electron chi connectivity index (χ1n) is 10.6. The molecule has 3 aromatic rings. The fraction of sp³-hybridized carbons (Fsp3) is 0.250.